The molecule has 0 atom stereocenters. The highest BCUT2D eigenvalue weighted by Crippen LogP contribution is 2.31. The zero-order valence-corrected chi connectivity index (χ0v) is 16.1. The second kappa shape index (κ2) is 7.58. The molecule has 1 aliphatic heterocycles. The van der Waals surface area contributed by atoms with E-state index in [2.05, 4.69) is 6.07 Å². The molecule has 0 saturated heterocycles. The fraction of sp³-hybridized carbons (Fsp3) is 0.316. The molecule has 1 aliphatic rings. The topological polar surface area (TPSA) is 98.9 Å². The largest absolute Gasteiger partial charge is 0.494 e. The Hall–Kier alpha value is -2.58. The molecule has 0 amide bonds. The molecule has 2 aromatic rings. The summed E-state index contributed by atoms with van der Waals surface area (Å²) < 4.78 is 33.7. The molecule has 2 N–H and O–H groups in total. The molecule has 0 aliphatic carbocycles. The van der Waals surface area contributed by atoms with E-state index in [0.29, 0.717) is 25.4 Å². The predicted molar refractivity (Wildman–Crippen MR) is 102 cm³/mol. The molecule has 1 heterocycles. The first kappa shape index (κ1) is 19.2. The molecule has 0 spiro atoms. The van der Waals surface area contributed by atoms with Gasteiger partial charge in [-0.2, -0.15) is 0 Å². The summed E-state index contributed by atoms with van der Waals surface area (Å²) in [5.41, 5.74) is 3.13. The highest BCUT2D eigenvalue weighted by atomic mass is 32.2. The molecular formula is C19H22N2O5S. The molecule has 0 bridgehead atoms. The standard InChI is InChI=1S/C19H22N2O5S/c1-3-26-15-5-4-13-8-9-21(12-14(13)10-15)18-7-6-16(27(20,23)24)11-17(18)19(22)25-2/h4-7,10-11H,3,8-9,12H2,1-2H3,(H2,20,23,24). The average molecular weight is 390 g/mol. The summed E-state index contributed by atoms with van der Waals surface area (Å²) in [5, 5.41) is 5.20. The smallest absolute Gasteiger partial charge is 0.340 e. The van der Waals surface area contributed by atoms with Crippen LogP contribution in [0.5, 0.6) is 5.75 Å². The zero-order chi connectivity index (χ0) is 19.6. The lowest BCUT2D eigenvalue weighted by Gasteiger charge is -2.32. The Kier molecular flexibility index (Phi) is 5.38. The maximum atomic E-state index is 12.2. The van der Waals surface area contributed by atoms with Gasteiger partial charge < -0.3 is 14.4 Å². The first-order chi connectivity index (χ1) is 12.8. The summed E-state index contributed by atoms with van der Waals surface area (Å²) in [7, 11) is -2.66. The van der Waals surface area contributed by atoms with Crippen LogP contribution in [0, 0.1) is 0 Å². The minimum Gasteiger partial charge on any atom is -0.494 e. The number of fused-ring (bicyclic) bond motifs is 1. The van der Waals surface area contributed by atoms with E-state index in [1.165, 1.54) is 24.8 Å². The number of carbonyl (C=O) groups excluding carboxylic acids is 1. The Labute approximate surface area is 158 Å². The third-order valence-electron chi connectivity index (χ3n) is 4.54. The van der Waals surface area contributed by atoms with Crippen LogP contribution in [0.1, 0.15) is 28.4 Å². The Morgan fingerprint density at radius 2 is 1.96 bits per heavy atom. The van der Waals surface area contributed by atoms with Gasteiger partial charge >= 0.3 is 5.97 Å². The van der Waals surface area contributed by atoms with Crippen LogP contribution < -0.4 is 14.8 Å². The van der Waals surface area contributed by atoms with Gasteiger partial charge in [-0.15, -0.1) is 0 Å². The van der Waals surface area contributed by atoms with E-state index >= 15 is 0 Å². The van der Waals surface area contributed by atoms with Crippen LogP contribution >= 0.6 is 0 Å². The first-order valence-corrected chi connectivity index (χ1v) is 10.1. The highest BCUT2D eigenvalue weighted by molar-refractivity contribution is 7.89. The summed E-state index contributed by atoms with van der Waals surface area (Å²) in [4.78, 5) is 14.1. The SMILES string of the molecule is CCOc1ccc2c(c1)CN(c1ccc(S(N)(=O)=O)cc1C(=O)OC)CC2. The lowest BCUT2D eigenvalue weighted by molar-refractivity contribution is 0.0601. The van der Waals surface area contributed by atoms with Crippen molar-refractivity contribution < 1.29 is 22.7 Å². The van der Waals surface area contributed by atoms with Crippen molar-refractivity contribution in [1.29, 1.82) is 0 Å². The van der Waals surface area contributed by atoms with Crippen molar-refractivity contribution in [3.8, 4) is 5.75 Å². The van der Waals surface area contributed by atoms with E-state index in [0.717, 1.165) is 17.7 Å². The number of ether oxygens (including phenoxy) is 2. The molecule has 144 valence electrons. The second-order valence-electron chi connectivity index (χ2n) is 6.25. The minimum absolute atomic E-state index is 0.123. The molecular weight excluding hydrogens is 368 g/mol. The van der Waals surface area contributed by atoms with Gasteiger partial charge in [0.05, 0.1) is 29.9 Å². The summed E-state index contributed by atoms with van der Waals surface area (Å²) in [6.07, 6.45) is 0.805. The number of methoxy groups -OCH3 is 1. The number of primary sulfonamides is 1. The van der Waals surface area contributed by atoms with Gasteiger partial charge in [0.25, 0.3) is 0 Å². The molecule has 0 fully saturated rings. The van der Waals surface area contributed by atoms with Gasteiger partial charge in [0, 0.05) is 13.1 Å². The number of nitrogens with zero attached hydrogens (tertiary/aromatic N) is 1. The monoisotopic (exact) mass is 390 g/mol. The van der Waals surface area contributed by atoms with Crippen LogP contribution in [0.2, 0.25) is 0 Å². The van der Waals surface area contributed by atoms with E-state index in [4.69, 9.17) is 14.6 Å². The number of nitrogens with two attached hydrogens (primary N) is 1. The third kappa shape index (κ3) is 4.06. The predicted octanol–water partition coefficient (Wildman–Crippen LogP) is 2.08. The lowest BCUT2D eigenvalue weighted by atomic mass is 9.98. The van der Waals surface area contributed by atoms with Crippen LogP contribution in [0.3, 0.4) is 0 Å². The number of sulfonamides is 1. The number of esters is 1. The maximum absolute atomic E-state index is 12.2. The minimum atomic E-state index is -3.92. The molecule has 2 aromatic carbocycles. The van der Waals surface area contributed by atoms with Crippen molar-refractivity contribution in [2.75, 3.05) is 25.2 Å². The molecule has 0 unspecified atom stereocenters. The number of carbonyl (C=O) groups is 1. The fourth-order valence-corrected chi connectivity index (χ4v) is 3.78. The highest BCUT2D eigenvalue weighted by Gasteiger charge is 2.24. The van der Waals surface area contributed by atoms with Crippen molar-refractivity contribution in [2.24, 2.45) is 5.14 Å². The Balaban J connectivity index is 1.99. The Morgan fingerprint density at radius 1 is 1.19 bits per heavy atom. The van der Waals surface area contributed by atoms with Gasteiger partial charge in [-0.1, -0.05) is 6.07 Å². The van der Waals surface area contributed by atoms with Gasteiger partial charge in [-0.05, 0) is 54.8 Å². The van der Waals surface area contributed by atoms with Gasteiger partial charge in [0.15, 0.2) is 0 Å². The summed E-state index contributed by atoms with van der Waals surface area (Å²) in [6.45, 7) is 3.79. The lowest BCUT2D eigenvalue weighted by Crippen LogP contribution is -2.32. The van der Waals surface area contributed by atoms with Gasteiger partial charge in [-0.3, -0.25) is 0 Å². The Bertz CT molecular complexity index is 972. The van der Waals surface area contributed by atoms with Crippen molar-refractivity contribution >= 4 is 21.7 Å². The average Bonchev–Trinajstić information content (AvgIpc) is 2.66. The van der Waals surface area contributed by atoms with Gasteiger partial charge in [0.1, 0.15) is 5.75 Å². The molecule has 8 heteroatoms. The molecule has 0 radical (unpaired) electrons. The first-order valence-electron chi connectivity index (χ1n) is 8.58. The zero-order valence-electron chi connectivity index (χ0n) is 15.3. The van der Waals surface area contributed by atoms with Crippen LogP contribution in [-0.4, -0.2) is 34.6 Å². The summed E-state index contributed by atoms with van der Waals surface area (Å²) in [6, 6.07) is 10.3. The maximum Gasteiger partial charge on any atom is 0.340 e. The van der Waals surface area contributed by atoms with Crippen molar-refractivity contribution in [2.45, 2.75) is 24.8 Å². The van der Waals surface area contributed by atoms with Crippen molar-refractivity contribution in [1.82, 2.24) is 0 Å². The molecule has 0 aromatic heterocycles. The van der Waals surface area contributed by atoms with E-state index in [9.17, 15) is 13.2 Å². The Morgan fingerprint density at radius 3 is 2.63 bits per heavy atom. The van der Waals surface area contributed by atoms with Gasteiger partial charge in [0.2, 0.25) is 10.0 Å². The van der Waals surface area contributed by atoms with Crippen LogP contribution in [-0.2, 0) is 27.7 Å². The van der Waals surface area contributed by atoms with Crippen molar-refractivity contribution in [3.05, 3.63) is 53.1 Å². The fourth-order valence-electron chi connectivity index (χ4n) is 3.24. The summed E-state index contributed by atoms with van der Waals surface area (Å²) in [5.74, 6) is 0.195. The molecule has 27 heavy (non-hydrogen) atoms. The quantitative estimate of drug-likeness (QED) is 0.785. The van der Waals surface area contributed by atoms with Crippen LogP contribution in [0.15, 0.2) is 41.3 Å². The van der Waals surface area contributed by atoms with E-state index in [1.807, 2.05) is 24.0 Å². The number of benzene rings is 2. The van der Waals surface area contributed by atoms with E-state index in [-0.39, 0.29) is 10.5 Å². The normalized spacial score (nSPS) is 13.8. The second-order valence-corrected chi connectivity index (χ2v) is 7.81. The van der Waals surface area contributed by atoms with E-state index < -0.39 is 16.0 Å². The number of hydrogen-bond donors (Lipinski definition) is 1. The molecule has 0 saturated carbocycles. The molecule has 3 rings (SSSR count). The number of hydrogen-bond acceptors (Lipinski definition) is 6. The third-order valence-corrected chi connectivity index (χ3v) is 5.45. The van der Waals surface area contributed by atoms with Crippen LogP contribution in [0.25, 0.3) is 0 Å². The van der Waals surface area contributed by atoms with E-state index in [1.54, 1.807) is 6.07 Å². The van der Waals surface area contributed by atoms with Crippen molar-refractivity contribution in [3.63, 3.8) is 0 Å². The van der Waals surface area contributed by atoms with Gasteiger partial charge in [-0.25, -0.2) is 18.4 Å². The van der Waals surface area contributed by atoms with Crippen LogP contribution in [0.4, 0.5) is 5.69 Å². The summed E-state index contributed by atoms with van der Waals surface area (Å²) >= 11 is 0. The molecule has 7 nitrogen and oxygen atoms in total. The number of rotatable bonds is 5. The number of anilines is 1.